The van der Waals surface area contributed by atoms with E-state index >= 15 is 0 Å². The Morgan fingerprint density at radius 1 is 1.64 bits per heavy atom. The highest BCUT2D eigenvalue weighted by atomic mass is 127. The first-order chi connectivity index (χ1) is 6.54. The second kappa shape index (κ2) is 4.42. The lowest BCUT2D eigenvalue weighted by Crippen LogP contribution is -2.05. The summed E-state index contributed by atoms with van der Waals surface area (Å²) in [4.78, 5) is 10.6. The molecule has 14 heavy (non-hydrogen) atoms. The van der Waals surface area contributed by atoms with Crippen molar-refractivity contribution in [3.8, 4) is 6.07 Å². The predicted octanol–water partition coefficient (Wildman–Crippen LogP) is 2.10. The van der Waals surface area contributed by atoms with Gasteiger partial charge in [-0.15, -0.1) is 0 Å². The summed E-state index contributed by atoms with van der Waals surface area (Å²) in [5, 5.41) is 17.5. The van der Waals surface area contributed by atoms with E-state index in [1.54, 1.807) is 6.07 Å². The van der Waals surface area contributed by atoms with Gasteiger partial charge in [-0.2, -0.15) is 5.26 Å². The van der Waals surface area contributed by atoms with Crippen LogP contribution in [0, 0.1) is 21.8 Å². The Kier molecular flexibility index (Phi) is 3.47. The zero-order valence-corrected chi connectivity index (χ0v) is 9.70. The van der Waals surface area contributed by atoms with E-state index in [4.69, 9.17) is 10.4 Å². The van der Waals surface area contributed by atoms with Gasteiger partial charge in [-0.25, -0.2) is 0 Å². The van der Waals surface area contributed by atoms with Crippen LogP contribution in [0.1, 0.15) is 16.7 Å². The molecule has 0 aliphatic heterocycles. The molecule has 1 aromatic rings. The molecule has 0 aliphatic rings. The molecular weight excluding hydrogens is 293 g/mol. The largest absolute Gasteiger partial charge is 0.481 e. The first-order valence-corrected chi connectivity index (χ1v) is 5.03. The van der Waals surface area contributed by atoms with Crippen LogP contribution >= 0.6 is 22.6 Å². The first-order valence-electron chi connectivity index (χ1n) is 3.95. The third kappa shape index (κ3) is 2.45. The number of aryl methyl sites for hydroxylation is 1. The van der Waals surface area contributed by atoms with E-state index in [1.807, 2.05) is 19.1 Å². The minimum absolute atomic E-state index is 0.0958. The molecule has 0 saturated carbocycles. The van der Waals surface area contributed by atoms with Crippen LogP contribution in [0.2, 0.25) is 0 Å². The number of benzene rings is 1. The van der Waals surface area contributed by atoms with Crippen LogP contribution in [0.5, 0.6) is 0 Å². The number of halogens is 1. The average molecular weight is 301 g/mol. The van der Waals surface area contributed by atoms with E-state index in [0.717, 1.165) is 9.13 Å². The molecule has 1 N–H and O–H groups in total. The summed E-state index contributed by atoms with van der Waals surface area (Å²) in [7, 11) is 0. The lowest BCUT2D eigenvalue weighted by atomic mass is 10.0. The van der Waals surface area contributed by atoms with Gasteiger partial charge in [0.05, 0.1) is 18.1 Å². The molecule has 1 aromatic carbocycles. The van der Waals surface area contributed by atoms with E-state index in [9.17, 15) is 4.79 Å². The van der Waals surface area contributed by atoms with Crippen LogP contribution in [0.3, 0.4) is 0 Å². The van der Waals surface area contributed by atoms with E-state index in [0.29, 0.717) is 11.1 Å². The molecule has 72 valence electrons. The highest BCUT2D eigenvalue weighted by Crippen LogP contribution is 2.19. The molecule has 0 atom stereocenters. The minimum atomic E-state index is -0.914. The molecule has 0 aliphatic carbocycles. The molecule has 4 heteroatoms. The summed E-state index contributed by atoms with van der Waals surface area (Å²) in [5.74, 6) is -0.914. The van der Waals surface area contributed by atoms with Crippen molar-refractivity contribution >= 4 is 28.6 Å². The van der Waals surface area contributed by atoms with Crippen molar-refractivity contribution in [2.45, 2.75) is 13.3 Å². The van der Waals surface area contributed by atoms with Gasteiger partial charge in [-0.05, 0) is 52.8 Å². The van der Waals surface area contributed by atoms with Gasteiger partial charge >= 0.3 is 5.97 Å². The number of hydrogen-bond donors (Lipinski definition) is 1. The molecule has 0 unspecified atom stereocenters. The van der Waals surface area contributed by atoms with Crippen molar-refractivity contribution in [1.82, 2.24) is 0 Å². The van der Waals surface area contributed by atoms with Gasteiger partial charge in [0.1, 0.15) is 0 Å². The zero-order chi connectivity index (χ0) is 10.7. The second-order valence-corrected chi connectivity index (χ2v) is 4.12. The van der Waals surface area contributed by atoms with Crippen LogP contribution in [-0.4, -0.2) is 11.1 Å². The highest BCUT2D eigenvalue weighted by molar-refractivity contribution is 14.1. The lowest BCUT2D eigenvalue weighted by molar-refractivity contribution is -0.136. The predicted molar refractivity (Wildman–Crippen MR) is 60.0 cm³/mol. The Bertz CT molecular complexity index is 421. The Balaban J connectivity index is 3.27. The number of nitrogens with zero attached hydrogens (tertiary/aromatic N) is 1. The molecule has 3 nitrogen and oxygen atoms in total. The maximum Gasteiger partial charge on any atom is 0.307 e. The van der Waals surface area contributed by atoms with Crippen LogP contribution in [-0.2, 0) is 11.2 Å². The molecule has 0 spiro atoms. The van der Waals surface area contributed by atoms with Gasteiger partial charge in [0.25, 0.3) is 0 Å². The molecular formula is C10H8INO2. The standard InChI is InChI=1S/C10H8INO2/c1-6-2-7(5-12)8(4-10(13)14)9(11)3-6/h2-3H,4H2,1H3,(H,13,14). The number of nitriles is 1. The lowest BCUT2D eigenvalue weighted by Gasteiger charge is -2.05. The van der Waals surface area contributed by atoms with Gasteiger partial charge in [-0.1, -0.05) is 0 Å². The van der Waals surface area contributed by atoms with E-state index in [-0.39, 0.29) is 6.42 Å². The molecule has 0 radical (unpaired) electrons. The Morgan fingerprint density at radius 3 is 2.79 bits per heavy atom. The quantitative estimate of drug-likeness (QED) is 0.851. The Morgan fingerprint density at radius 2 is 2.29 bits per heavy atom. The monoisotopic (exact) mass is 301 g/mol. The third-order valence-electron chi connectivity index (χ3n) is 1.79. The summed E-state index contributed by atoms with van der Waals surface area (Å²) >= 11 is 2.05. The molecule has 0 saturated heterocycles. The van der Waals surface area contributed by atoms with Gasteiger partial charge in [-0.3, -0.25) is 4.79 Å². The smallest absolute Gasteiger partial charge is 0.307 e. The van der Waals surface area contributed by atoms with Crippen LogP contribution in [0.25, 0.3) is 0 Å². The normalized spacial score (nSPS) is 9.50. The van der Waals surface area contributed by atoms with Crippen molar-refractivity contribution in [1.29, 1.82) is 5.26 Å². The summed E-state index contributed by atoms with van der Waals surface area (Å²) < 4.78 is 0.835. The van der Waals surface area contributed by atoms with E-state index in [2.05, 4.69) is 22.6 Å². The summed E-state index contributed by atoms with van der Waals surface area (Å²) in [6.07, 6.45) is -0.0958. The number of rotatable bonds is 2. The third-order valence-corrected chi connectivity index (χ3v) is 2.75. The number of aliphatic carboxylic acids is 1. The van der Waals surface area contributed by atoms with Crippen LogP contribution in [0.15, 0.2) is 12.1 Å². The summed E-state index contributed by atoms with van der Waals surface area (Å²) in [5.41, 5.74) is 2.03. The van der Waals surface area contributed by atoms with Crippen LogP contribution in [0.4, 0.5) is 0 Å². The maximum atomic E-state index is 10.6. The van der Waals surface area contributed by atoms with Gasteiger partial charge in [0.15, 0.2) is 0 Å². The first kappa shape index (κ1) is 11.0. The zero-order valence-electron chi connectivity index (χ0n) is 7.54. The van der Waals surface area contributed by atoms with Crippen molar-refractivity contribution in [2.24, 2.45) is 0 Å². The maximum absolute atomic E-state index is 10.6. The summed E-state index contributed by atoms with van der Waals surface area (Å²) in [6.45, 7) is 1.88. The molecule has 0 bridgehead atoms. The van der Waals surface area contributed by atoms with E-state index in [1.165, 1.54) is 0 Å². The fourth-order valence-electron chi connectivity index (χ4n) is 1.20. The van der Waals surface area contributed by atoms with Crippen LogP contribution < -0.4 is 0 Å². The molecule has 0 heterocycles. The van der Waals surface area contributed by atoms with Gasteiger partial charge in [0.2, 0.25) is 0 Å². The minimum Gasteiger partial charge on any atom is -0.481 e. The second-order valence-electron chi connectivity index (χ2n) is 2.96. The van der Waals surface area contributed by atoms with Gasteiger partial charge in [0, 0.05) is 3.57 Å². The number of hydrogen-bond acceptors (Lipinski definition) is 2. The SMILES string of the molecule is Cc1cc(I)c(CC(=O)O)c(C#N)c1. The Labute approximate surface area is 95.5 Å². The number of carbonyl (C=O) groups is 1. The van der Waals surface area contributed by atoms with E-state index < -0.39 is 5.97 Å². The summed E-state index contributed by atoms with van der Waals surface area (Å²) in [6, 6.07) is 5.60. The van der Waals surface area contributed by atoms with Crippen molar-refractivity contribution in [2.75, 3.05) is 0 Å². The van der Waals surface area contributed by atoms with Gasteiger partial charge < -0.3 is 5.11 Å². The van der Waals surface area contributed by atoms with Crippen molar-refractivity contribution in [3.63, 3.8) is 0 Å². The van der Waals surface area contributed by atoms with Crippen molar-refractivity contribution in [3.05, 3.63) is 32.4 Å². The molecule has 1 rings (SSSR count). The molecule has 0 amide bonds. The van der Waals surface area contributed by atoms with Crippen molar-refractivity contribution < 1.29 is 9.90 Å². The number of carboxylic acid groups (broad SMARTS) is 1. The number of carboxylic acids is 1. The fraction of sp³-hybridized carbons (Fsp3) is 0.200. The molecule has 0 aromatic heterocycles. The average Bonchev–Trinajstić information content (AvgIpc) is 2.08. The molecule has 0 fully saturated rings. The topological polar surface area (TPSA) is 61.1 Å². The fourth-order valence-corrected chi connectivity index (χ4v) is 2.18. The highest BCUT2D eigenvalue weighted by Gasteiger charge is 2.11. The Hall–Kier alpha value is -1.09.